The van der Waals surface area contributed by atoms with E-state index in [1.807, 2.05) is 0 Å². The van der Waals surface area contributed by atoms with Gasteiger partial charge in [0.25, 0.3) is 0 Å². The van der Waals surface area contributed by atoms with Gasteiger partial charge in [0.1, 0.15) is 9.71 Å². The molecule has 0 aliphatic carbocycles. The lowest BCUT2D eigenvalue weighted by Gasteiger charge is -2.03. The predicted octanol–water partition coefficient (Wildman–Crippen LogP) is 4.84. The molecule has 0 aliphatic rings. The molecule has 7 heteroatoms. The number of rotatable bonds is 3. The zero-order valence-corrected chi connectivity index (χ0v) is 13.8. The fraction of sp³-hybridized carbons (Fsp3) is 0.133. The van der Waals surface area contributed by atoms with Gasteiger partial charge in [-0.3, -0.25) is 0 Å². The molecule has 2 aromatic heterocycles. The predicted molar refractivity (Wildman–Crippen MR) is 88.8 cm³/mol. The lowest BCUT2D eigenvalue weighted by Crippen LogP contribution is -2.01. The highest BCUT2D eigenvalue weighted by Crippen LogP contribution is 2.31. The maximum atomic E-state index is 11.8. The standard InChI is InChI=1S/C15H10Cl2N2O2S/c1-2-21-15(20)12-5-8-7-18-13(19-14(8)22-12)10-4-3-9(16)6-11(10)17/h3-7H,2H2,1H3. The van der Waals surface area contributed by atoms with Gasteiger partial charge in [-0.05, 0) is 31.2 Å². The zero-order chi connectivity index (χ0) is 15.7. The topological polar surface area (TPSA) is 52.1 Å². The SMILES string of the molecule is CCOC(=O)c1cc2cnc(-c3ccc(Cl)cc3Cl)nc2s1. The second kappa shape index (κ2) is 6.20. The molecule has 4 nitrogen and oxygen atoms in total. The molecule has 0 radical (unpaired) electrons. The summed E-state index contributed by atoms with van der Waals surface area (Å²) in [7, 11) is 0. The summed E-state index contributed by atoms with van der Waals surface area (Å²) < 4.78 is 4.99. The van der Waals surface area contributed by atoms with Gasteiger partial charge in [-0.2, -0.15) is 0 Å². The number of aromatic nitrogens is 2. The van der Waals surface area contributed by atoms with E-state index in [2.05, 4.69) is 9.97 Å². The molecule has 0 bridgehead atoms. The Balaban J connectivity index is 2.04. The Morgan fingerprint density at radius 2 is 2.14 bits per heavy atom. The number of carbonyl (C=O) groups excluding carboxylic acids is 1. The molecule has 112 valence electrons. The zero-order valence-electron chi connectivity index (χ0n) is 11.5. The Labute approximate surface area is 140 Å². The highest BCUT2D eigenvalue weighted by atomic mass is 35.5. The minimum atomic E-state index is -0.350. The number of hydrogen-bond donors (Lipinski definition) is 0. The molecule has 22 heavy (non-hydrogen) atoms. The first-order valence-corrected chi connectivity index (χ1v) is 8.05. The number of nitrogens with zero attached hydrogens (tertiary/aromatic N) is 2. The summed E-state index contributed by atoms with van der Waals surface area (Å²) >= 11 is 13.3. The van der Waals surface area contributed by atoms with Crippen molar-refractivity contribution >= 4 is 50.7 Å². The number of thiophene rings is 1. The Morgan fingerprint density at radius 3 is 2.86 bits per heavy atom. The average Bonchev–Trinajstić information content (AvgIpc) is 2.90. The summed E-state index contributed by atoms with van der Waals surface area (Å²) in [4.78, 5) is 21.8. The van der Waals surface area contributed by atoms with Crippen molar-refractivity contribution in [3.8, 4) is 11.4 Å². The van der Waals surface area contributed by atoms with Crippen LogP contribution in [-0.4, -0.2) is 22.5 Å². The number of halogens is 2. The molecule has 0 saturated heterocycles. The molecule has 3 aromatic rings. The quantitative estimate of drug-likeness (QED) is 0.632. The van der Waals surface area contributed by atoms with E-state index in [0.29, 0.717) is 37.7 Å². The second-order valence-corrected chi connectivity index (χ2v) is 6.28. The van der Waals surface area contributed by atoms with E-state index < -0.39 is 0 Å². The van der Waals surface area contributed by atoms with Crippen molar-refractivity contribution in [1.82, 2.24) is 9.97 Å². The minimum absolute atomic E-state index is 0.338. The van der Waals surface area contributed by atoms with Gasteiger partial charge in [0.2, 0.25) is 0 Å². The van der Waals surface area contributed by atoms with Crippen molar-refractivity contribution < 1.29 is 9.53 Å². The number of benzene rings is 1. The van der Waals surface area contributed by atoms with Crippen molar-refractivity contribution in [2.75, 3.05) is 6.61 Å². The van der Waals surface area contributed by atoms with Crippen LogP contribution < -0.4 is 0 Å². The normalized spacial score (nSPS) is 10.9. The molecule has 0 unspecified atom stereocenters. The third-order valence-corrected chi connectivity index (χ3v) is 4.49. The van der Waals surface area contributed by atoms with Crippen LogP contribution in [0.5, 0.6) is 0 Å². The summed E-state index contributed by atoms with van der Waals surface area (Å²) in [5, 5.41) is 1.83. The van der Waals surface area contributed by atoms with Gasteiger partial charge in [0.05, 0.1) is 11.6 Å². The van der Waals surface area contributed by atoms with Crippen molar-refractivity contribution in [3.63, 3.8) is 0 Å². The fourth-order valence-corrected chi connectivity index (χ4v) is 3.33. The molecule has 0 aliphatic heterocycles. The maximum Gasteiger partial charge on any atom is 0.348 e. The third kappa shape index (κ3) is 2.92. The molecule has 3 rings (SSSR count). The Kier molecular flexibility index (Phi) is 4.29. The van der Waals surface area contributed by atoms with E-state index in [1.165, 1.54) is 11.3 Å². The van der Waals surface area contributed by atoms with Crippen LogP contribution in [0.15, 0.2) is 30.5 Å². The molecule has 1 aromatic carbocycles. The monoisotopic (exact) mass is 352 g/mol. The number of ether oxygens (including phenoxy) is 1. The van der Waals surface area contributed by atoms with Gasteiger partial charge in [-0.25, -0.2) is 14.8 Å². The molecular weight excluding hydrogens is 343 g/mol. The molecule has 0 amide bonds. The van der Waals surface area contributed by atoms with Crippen LogP contribution in [0.4, 0.5) is 0 Å². The van der Waals surface area contributed by atoms with Crippen LogP contribution in [0.1, 0.15) is 16.6 Å². The second-order valence-electron chi connectivity index (χ2n) is 4.41. The van der Waals surface area contributed by atoms with E-state index in [9.17, 15) is 4.79 Å². The molecule has 0 fully saturated rings. The van der Waals surface area contributed by atoms with Crippen LogP contribution in [0, 0.1) is 0 Å². The largest absolute Gasteiger partial charge is 0.462 e. The highest BCUT2D eigenvalue weighted by Gasteiger charge is 2.14. The fourth-order valence-electron chi connectivity index (χ4n) is 1.93. The summed E-state index contributed by atoms with van der Waals surface area (Å²) in [6.45, 7) is 2.11. The number of hydrogen-bond acceptors (Lipinski definition) is 5. The number of carbonyl (C=O) groups is 1. The van der Waals surface area contributed by atoms with E-state index in [0.717, 1.165) is 5.39 Å². The van der Waals surface area contributed by atoms with Crippen LogP contribution in [0.3, 0.4) is 0 Å². The highest BCUT2D eigenvalue weighted by molar-refractivity contribution is 7.20. The summed E-state index contributed by atoms with van der Waals surface area (Å²) in [5.41, 5.74) is 0.694. The Bertz CT molecular complexity index is 864. The van der Waals surface area contributed by atoms with Crippen LogP contribution in [0.2, 0.25) is 10.0 Å². The van der Waals surface area contributed by atoms with Crippen LogP contribution >= 0.6 is 34.5 Å². The average molecular weight is 353 g/mol. The molecule has 0 N–H and O–H groups in total. The van der Waals surface area contributed by atoms with E-state index in [1.54, 1.807) is 37.4 Å². The maximum absolute atomic E-state index is 11.8. The van der Waals surface area contributed by atoms with Crippen LogP contribution in [-0.2, 0) is 4.74 Å². The summed E-state index contributed by atoms with van der Waals surface area (Å²) in [5.74, 6) is 0.142. The van der Waals surface area contributed by atoms with Crippen molar-refractivity contribution in [2.24, 2.45) is 0 Å². The number of esters is 1. The minimum Gasteiger partial charge on any atom is -0.462 e. The Hall–Kier alpha value is -1.69. The smallest absolute Gasteiger partial charge is 0.348 e. The van der Waals surface area contributed by atoms with E-state index in [-0.39, 0.29) is 5.97 Å². The number of fused-ring (bicyclic) bond motifs is 1. The molecule has 2 heterocycles. The first-order valence-electron chi connectivity index (χ1n) is 6.47. The van der Waals surface area contributed by atoms with Crippen LogP contribution in [0.25, 0.3) is 21.6 Å². The molecule has 0 atom stereocenters. The van der Waals surface area contributed by atoms with Gasteiger partial charge in [0.15, 0.2) is 5.82 Å². The van der Waals surface area contributed by atoms with Crippen molar-refractivity contribution in [2.45, 2.75) is 6.92 Å². The molecule has 0 spiro atoms. The van der Waals surface area contributed by atoms with Gasteiger partial charge in [-0.15, -0.1) is 11.3 Å². The molecular formula is C15H10Cl2N2O2S. The van der Waals surface area contributed by atoms with Crippen molar-refractivity contribution in [1.29, 1.82) is 0 Å². The van der Waals surface area contributed by atoms with Gasteiger partial charge in [0, 0.05) is 22.2 Å². The van der Waals surface area contributed by atoms with Gasteiger partial charge >= 0.3 is 5.97 Å². The first-order chi connectivity index (χ1) is 10.6. The van der Waals surface area contributed by atoms with Gasteiger partial charge < -0.3 is 4.74 Å². The van der Waals surface area contributed by atoms with Gasteiger partial charge in [-0.1, -0.05) is 23.2 Å². The Morgan fingerprint density at radius 1 is 1.32 bits per heavy atom. The first kappa shape index (κ1) is 15.2. The molecule has 0 saturated carbocycles. The van der Waals surface area contributed by atoms with E-state index in [4.69, 9.17) is 27.9 Å². The third-order valence-electron chi connectivity index (χ3n) is 2.92. The van der Waals surface area contributed by atoms with Crippen molar-refractivity contribution in [3.05, 3.63) is 45.4 Å². The lowest BCUT2D eigenvalue weighted by molar-refractivity contribution is 0.0532. The lowest BCUT2D eigenvalue weighted by atomic mass is 10.2. The summed E-state index contributed by atoms with van der Waals surface area (Å²) in [6, 6.07) is 6.87. The summed E-state index contributed by atoms with van der Waals surface area (Å²) in [6.07, 6.45) is 1.67. The van der Waals surface area contributed by atoms with E-state index >= 15 is 0 Å².